The van der Waals surface area contributed by atoms with Crippen LogP contribution in [0.1, 0.15) is 36.0 Å². The van der Waals surface area contributed by atoms with Gasteiger partial charge < -0.3 is 9.80 Å². The van der Waals surface area contributed by atoms with Crippen molar-refractivity contribution in [3.63, 3.8) is 0 Å². The van der Waals surface area contributed by atoms with Crippen molar-refractivity contribution < 1.29 is 31.9 Å². The average molecular weight is 513 g/mol. The highest BCUT2D eigenvalue weighted by molar-refractivity contribution is 6.10. The van der Waals surface area contributed by atoms with Crippen LogP contribution in [0.3, 0.4) is 0 Å². The largest absolute Gasteiger partial charge is 0.416 e. The second-order valence-electron chi connectivity index (χ2n) is 9.69. The minimum atomic E-state index is -4.51. The normalized spacial score (nSPS) is 22.1. The van der Waals surface area contributed by atoms with Gasteiger partial charge in [0.05, 0.1) is 17.8 Å². The molecule has 2 saturated heterocycles. The van der Waals surface area contributed by atoms with E-state index in [2.05, 4.69) is 5.92 Å². The lowest BCUT2D eigenvalue weighted by Crippen LogP contribution is -2.69. The molecule has 10 heteroatoms. The van der Waals surface area contributed by atoms with Gasteiger partial charge in [-0.15, -0.1) is 6.42 Å². The lowest BCUT2D eigenvalue weighted by Gasteiger charge is -2.47. The Labute approximate surface area is 210 Å². The molecular weight excluding hydrogens is 490 g/mol. The number of carbonyl (C=O) groups excluding carboxylic acids is 3. The molecule has 3 fully saturated rings. The highest BCUT2D eigenvalue weighted by Gasteiger charge is 2.57. The molecule has 2 aliphatic heterocycles. The van der Waals surface area contributed by atoms with Gasteiger partial charge in [0.2, 0.25) is 11.8 Å². The summed E-state index contributed by atoms with van der Waals surface area (Å²) in [7, 11) is 0. The third kappa shape index (κ3) is 4.43. The molecule has 5 rings (SSSR count). The van der Waals surface area contributed by atoms with Crippen molar-refractivity contribution in [2.75, 3.05) is 24.5 Å². The lowest BCUT2D eigenvalue weighted by molar-refractivity contribution is -0.151. The Morgan fingerprint density at radius 2 is 1.81 bits per heavy atom. The number of halogens is 4. The third-order valence-corrected chi connectivity index (χ3v) is 7.27. The van der Waals surface area contributed by atoms with Crippen molar-refractivity contribution in [1.29, 1.82) is 0 Å². The van der Waals surface area contributed by atoms with Crippen LogP contribution < -0.4 is 4.90 Å². The third-order valence-electron chi connectivity index (χ3n) is 7.27. The fourth-order valence-corrected chi connectivity index (χ4v) is 5.09. The number of carbonyl (C=O) groups is 3. The quantitative estimate of drug-likeness (QED) is 0.464. The second-order valence-corrected chi connectivity index (χ2v) is 9.69. The van der Waals surface area contributed by atoms with Gasteiger partial charge >= 0.3 is 6.18 Å². The molecule has 37 heavy (non-hydrogen) atoms. The van der Waals surface area contributed by atoms with Gasteiger partial charge in [-0.1, -0.05) is 18.1 Å². The zero-order valence-corrected chi connectivity index (χ0v) is 19.7. The Kier molecular flexibility index (Phi) is 5.97. The highest BCUT2D eigenvalue weighted by atomic mass is 19.4. The number of amides is 3. The highest BCUT2D eigenvalue weighted by Crippen LogP contribution is 2.40. The first-order valence-electron chi connectivity index (χ1n) is 11.9. The van der Waals surface area contributed by atoms with Crippen LogP contribution in [0.2, 0.25) is 0 Å². The van der Waals surface area contributed by atoms with E-state index >= 15 is 0 Å². The molecule has 0 aromatic heterocycles. The molecule has 3 amide bonds. The molecule has 2 aromatic rings. The van der Waals surface area contributed by atoms with Crippen molar-refractivity contribution in [3.05, 3.63) is 65.0 Å². The zero-order valence-electron chi connectivity index (χ0n) is 19.7. The summed E-state index contributed by atoms with van der Waals surface area (Å²) in [4.78, 5) is 44.2. The van der Waals surface area contributed by atoms with E-state index in [4.69, 9.17) is 6.42 Å². The van der Waals surface area contributed by atoms with Crippen LogP contribution >= 0.6 is 0 Å². The number of anilines is 1. The molecule has 3 aliphatic rings. The van der Waals surface area contributed by atoms with Crippen LogP contribution in [0.4, 0.5) is 23.2 Å². The van der Waals surface area contributed by atoms with E-state index in [-0.39, 0.29) is 49.1 Å². The molecule has 1 atom stereocenters. The minimum absolute atomic E-state index is 0.0614. The van der Waals surface area contributed by atoms with Crippen LogP contribution in [-0.2, 0) is 27.1 Å². The Hall–Kier alpha value is -3.87. The van der Waals surface area contributed by atoms with Gasteiger partial charge in [-0.3, -0.25) is 19.3 Å². The zero-order chi connectivity index (χ0) is 26.5. The molecule has 0 N–H and O–H groups in total. The van der Waals surface area contributed by atoms with E-state index in [1.54, 1.807) is 4.90 Å². The molecule has 0 radical (unpaired) electrons. The van der Waals surface area contributed by atoms with Crippen LogP contribution in [-0.4, -0.2) is 52.7 Å². The van der Waals surface area contributed by atoms with Gasteiger partial charge in [-0.25, -0.2) is 4.39 Å². The van der Waals surface area contributed by atoms with Crippen molar-refractivity contribution in [1.82, 2.24) is 9.80 Å². The molecule has 6 nitrogen and oxygen atoms in total. The molecule has 2 aromatic carbocycles. The first kappa shape index (κ1) is 24.8. The van der Waals surface area contributed by atoms with Crippen molar-refractivity contribution >= 4 is 23.4 Å². The maximum atomic E-state index is 14.9. The first-order valence-corrected chi connectivity index (χ1v) is 11.9. The van der Waals surface area contributed by atoms with Crippen LogP contribution in [0.15, 0.2) is 42.5 Å². The van der Waals surface area contributed by atoms with Gasteiger partial charge in [-0.05, 0) is 55.2 Å². The predicted octanol–water partition coefficient (Wildman–Crippen LogP) is 3.58. The molecule has 0 bridgehead atoms. The smallest absolute Gasteiger partial charge is 0.339 e. The van der Waals surface area contributed by atoms with E-state index in [1.807, 2.05) is 0 Å². The van der Waals surface area contributed by atoms with Gasteiger partial charge in [0, 0.05) is 24.6 Å². The van der Waals surface area contributed by atoms with Gasteiger partial charge in [-0.2, -0.15) is 13.2 Å². The van der Waals surface area contributed by atoms with E-state index in [9.17, 15) is 31.9 Å². The Morgan fingerprint density at radius 1 is 1.11 bits per heavy atom. The number of alkyl halides is 3. The van der Waals surface area contributed by atoms with Crippen molar-refractivity contribution in [2.24, 2.45) is 5.92 Å². The van der Waals surface area contributed by atoms with Crippen LogP contribution in [0, 0.1) is 24.1 Å². The van der Waals surface area contributed by atoms with Gasteiger partial charge in [0.1, 0.15) is 17.9 Å². The number of hydrogen-bond donors (Lipinski definition) is 0. The number of nitrogens with zero attached hydrogens (tertiary/aromatic N) is 3. The fraction of sp³-hybridized carbons (Fsp3) is 0.370. The molecule has 192 valence electrons. The minimum Gasteiger partial charge on any atom is -0.339 e. The predicted molar refractivity (Wildman–Crippen MR) is 125 cm³/mol. The molecule has 1 aliphatic carbocycles. The molecular formula is C27H23F4N3O3. The number of hydrogen-bond acceptors (Lipinski definition) is 3. The maximum Gasteiger partial charge on any atom is 0.416 e. The second kappa shape index (κ2) is 8.91. The summed E-state index contributed by atoms with van der Waals surface area (Å²) in [5.74, 6) is 0.326. The number of likely N-dealkylation sites (tertiary alicyclic amines) is 1. The van der Waals surface area contributed by atoms with Gasteiger partial charge in [0.15, 0.2) is 0 Å². The monoisotopic (exact) mass is 513 g/mol. The standard InChI is InChI=1S/C27H23F4N3O3/c1-2-17-5-10-22(21(28)13-17)33-15-23(35)34(14-18-3-8-20(9-4-18)27(29,30)31)26(25(33)37)11-12-32(16-26)24(36)19-6-7-19/h1,3-5,8-10,13,19H,6-7,11-12,14-16H2. The maximum absolute atomic E-state index is 14.9. The summed E-state index contributed by atoms with van der Waals surface area (Å²) in [6, 6.07) is 8.29. The summed E-state index contributed by atoms with van der Waals surface area (Å²) >= 11 is 0. The molecule has 1 unspecified atom stereocenters. The topological polar surface area (TPSA) is 60.9 Å². The van der Waals surface area contributed by atoms with Crippen LogP contribution in [0.25, 0.3) is 0 Å². The molecule has 2 heterocycles. The Balaban J connectivity index is 1.50. The lowest BCUT2D eigenvalue weighted by atomic mass is 9.89. The van der Waals surface area contributed by atoms with E-state index in [0.29, 0.717) is 5.56 Å². The summed E-state index contributed by atoms with van der Waals surface area (Å²) in [6.45, 7) is -0.400. The van der Waals surface area contributed by atoms with Crippen LogP contribution in [0.5, 0.6) is 0 Å². The Bertz CT molecular complexity index is 1310. The fourth-order valence-electron chi connectivity index (χ4n) is 5.09. The molecule has 1 spiro atoms. The number of rotatable bonds is 4. The average Bonchev–Trinajstić information content (AvgIpc) is 3.62. The number of benzene rings is 2. The van der Waals surface area contributed by atoms with E-state index in [1.165, 1.54) is 29.2 Å². The summed E-state index contributed by atoms with van der Waals surface area (Å²) < 4.78 is 54.0. The first-order chi connectivity index (χ1) is 17.5. The van der Waals surface area contributed by atoms with E-state index < -0.39 is 41.5 Å². The Morgan fingerprint density at radius 3 is 2.41 bits per heavy atom. The van der Waals surface area contributed by atoms with E-state index in [0.717, 1.165) is 35.9 Å². The summed E-state index contributed by atoms with van der Waals surface area (Å²) in [5, 5.41) is 0. The van der Waals surface area contributed by atoms with Gasteiger partial charge in [0.25, 0.3) is 5.91 Å². The summed E-state index contributed by atoms with van der Waals surface area (Å²) in [5.41, 5.74) is -1.72. The number of terminal acetylenes is 1. The van der Waals surface area contributed by atoms with Crippen molar-refractivity contribution in [2.45, 2.75) is 37.5 Å². The number of piperazine rings is 1. The summed E-state index contributed by atoms with van der Waals surface area (Å²) in [6.07, 6.45) is 2.49. The SMILES string of the molecule is C#Cc1ccc(N2CC(=O)N(Cc3ccc(C(F)(F)F)cc3)C3(CCN(C(=O)C4CC4)C3)C2=O)c(F)c1. The van der Waals surface area contributed by atoms with Crippen molar-refractivity contribution in [3.8, 4) is 12.3 Å². The molecule has 1 saturated carbocycles.